The van der Waals surface area contributed by atoms with E-state index in [2.05, 4.69) is 5.10 Å². The van der Waals surface area contributed by atoms with E-state index in [4.69, 9.17) is 0 Å². The lowest BCUT2D eigenvalue weighted by Gasteiger charge is -2.40. The van der Waals surface area contributed by atoms with Crippen molar-refractivity contribution in [3.8, 4) is 11.4 Å². The molecule has 2 aromatic rings. The number of hydrogen-bond donors (Lipinski definition) is 1. The molecule has 1 N–H and O–H groups in total. The first-order valence-electron chi connectivity index (χ1n) is 9.66. The van der Waals surface area contributed by atoms with Crippen molar-refractivity contribution in [2.24, 2.45) is 0 Å². The molecule has 1 aromatic carbocycles. The van der Waals surface area contributed by atoms with Gasteiger partial charge < -0.3 is 14.9 Å². The summed E-state index contributed by atoms with van der Waals surface area (Å²) < 4.78 is 14.4. The number of amides is 2. The highest BCUT2D eigenvalue weighted by molar-refractivity contribution is 5.95. The second-order valence-electron chi connectivity index (χ2n) is 7.35. The van der Waals surface area contributed by atoms with Gasteiger partial charge in [-0.1, -0.05) is 0 Å². The molecule has 1 aromatic heterocycles. The number of likely N-dealkylation sites (tertiary alicyclic amines) is 2. The molecule has 2 amide bonds. The van der Waals surface area contributed by atoms with Crippen molar-refractivity contribution in [1.29, 1.82) is 0 Å². The summed E-state index contributed by atoms with van der Waals surface area (Å²) >= 11 is 0. The van der Waals surface area contributed by atoms with Crippen LogP contribution >= 0.6 is 0 Å². The lowest BCUT2D eigenvalue weighted by molar-refractivity contribution is -0.136. The van der Waals surface area contributed by atoms with Crippen LogP contribution in [-0.2, 0) is 4.79 Å². The topological polar surface area (TPSA) is 78.7 Å². The minimum Gasteiger partial charge on any atom is -0.504 e. The predicted molar refractivity (Wildman–Crippen MR) is 99.7 cm³/mol. The number of aromatic hydroxyl groups is 1. The van der Waals surface area contributed by atoms with Crippen LogP contribution in [0.4, 0.5) is 4.39 Å². The second kappa shape index (κ2) is 7.61. The Morgan fingerprint density at radius 3 is 2.50 bits per heavy atom. The maximum Gasteiger partial charge on any atom is 0.278 e. The monoisotopic (exact) mass is 386 g/mol. The summed E-state index contributed by atoms with van der Waals surface area (Å²) in [6.07, 6.45) is 5.43. The number of hydrogen-bond acceptors (Lipinski definition) is 4. The highest BCUT2D eigenvalue weighted by Gasteiger charge is 2.32. The normalized spacial score (nSPS) is 18.5. The van der Waals surface area contributed by atoms with E-state index < -0.39 is 0 Å². The quantitative estimate of drug-likeness (QED) is 0.878. The lowest BCUT2D eigenvalue weighted by Crippen LogP contribution is -2.50. The molecule has 28 heavy (non-hydrogen) atoms. The van der Waals surface area contributed by atoms with Crippen molar-refractivity contribution in [3.63, 3.8) is 0 Å². The van der Waals surface area contributed by atoms with E-state index in [9.17, 15) is 19.1 Å². The number of piperidine rings is 2. The number of aromatic nitrogens is 2. The first kappa shape index (κ1) is 18.5. The average Bonchev–Trinajstić information content (AvgIpc) is 3.10. The van der Waals surface area contributed by atoms with Gasteiger partial charge in [0.1, 0.15) is 5.82 Å². The molecule has 3 heterocycles. The van der Waals surface area contributed by atoms with Crippen molar-refractivity contribution in [1.82, 2.24) is 19.6 Å². The summed E-state index contributed by atoms with van der Waals surface area (Å²) in [5.41, 5.74) is 0.537. The summed E-state index contributed by atoms with van der Waals surface area (Å²) in [5, 5.41) is 14.4. The van der Waals surface area contributed by atoms with E-state index in [0.717, 1.165) is 32.2 Å². The Morgan fingerprint density at radius 1 is 1.11 bits per heavy atom. The number of carbonyl (C=O) groups is 2. The third-order valence-corrected chi connectivity index (χ3v) is 5.54. The zero-order valence-corrected chi connectivity index (χ0v) is 15.6. The lowest BCUT2D eigenvalue weighted by atomic mass is 9.99. The third kappa shape index (κ3) is 3.58. The molecule has 2 fully saturated rings. The average molecular weight is 386 g/mol. The smallest absolute Gasteiger partial charge is 0.278 e. The molecule has 8 heteroatoms. The van der Waals surface area contributed by atoms with Crippen LogP contribution in [0.2, 0.25) is 0 Å². The van der Waals surface area contributed by atoms with Gasteiger partial charge in [0.25, 0.3) is 5.91 Å². The fraction of sp³-hybridized carbons (Fsp3) is 0.450. The van der Waals surface area contributed by atoms with Crippen LogP contribution in [0.3, 0.4) is 0 Å². The zero-order chi connectivity index (χ0) is 19.7. The summed E-state index contributed by atoms with van der Waals surface area (Å²) in [6.45, 7) is 1.85. The number of halogens is 1. The molecular formula is C20H23FN4O3. The van der Waals surface area contributed by atoms with Gasteiger partial charge in [0.05, 0.1) is 11.9 Å². The second-order valence-corrected chi connectivity index (χ2v) is 7.35. The summed E-state index contributed by atoms with van der Waals surface area (Å²) in [4.78, 5) is 28.6. The van der Waals surface area contributed by atoms with Crippen molar-refractivity contribution in [2.75, 3.05) is 19.6 Å². The molecule has 0 bridgehead atoms. The van der Waals surface area contributed by atoms with Crippen molar-refractivity contribution in [3.05, 3.63) is 42.0 Å². The van der Waals surface area contributed by atoms with Crippen LogP contribution in [0.5, 0.6) is 5.75 Å². The van der Waals surface area contributed by atoms with Crippen molar-refractivity contribution < 1.29 is 19.1 Å². The van der Waals surface area contributed by atoms with Crippen LogP contribution in [0.1, 0.15) is 42.6 Å². The minimum absolute atomic E-state index is 0.0168. The molecule has 0 radical (unpaired) electrons. The highest BCUT2D eigenvalue weighted by atomic mass is 19.1. The van der Waals surface area contributed by atoms with Gasteiger partial charge in [0.15, 0.2) is 11.4 Å². The van der Waals surface area contributed by atoms with Crippen LogP contribution in [0, 0.1) is 5.82 Å². The zero-order valence-electron chi connectivity index (χ0n) is 15.6. The molecule has 0 aliphatic carbocycles. The van der Waals surface area contributed by atoms with E-state index in [0.29, 0.717) is 25.2 Å². The Morgan fingerprint density at radius 2 is 1.82 bits per heavy atom. The van der Waals surface area contributed by atoms with Crippen LogP contribution in [0.25, 0.3) is 5.69 Å². The Balaban J connectivity index is 1.43. The highest BCUT2D eigenvalue weighted by Crippen LogP contribution is 2.25. The standard InChI is InChI=1S/C20H23FN4O3/c21-14-4-6-16(7-5-14)25-13-17(26)19(22-25)20(28)23-11-8-15(9-12-23)24-10-2-1-3-18(24)27/h4-7,13,15,26H,1-3,8-12H2. The maximum absolute atomic E-state index is 13.1. The van der Waals surface area contributed by atoms with Gasteiger partial charge in [-0.3, -0.25) is 9.59 Å². The van der Waals surface area contributed by atoms with Gasteiger partial charge in [-0.05, 0) is 49.9 Å². The predicted octanol–water partition coefficient (Wildman–Crippen LogP) is 2.33. The SMILES string of the molecule is O=C(c1nn(-c2ccc(F)cc2)cc1O)N1CCC(N2CCCCC2=O)CC1. The van der Waals surface area contributed by atoms with E-state index in [1.165, 1.54) is 35.1 Å². The van der Waals surface area contributed by atoms with E-state index in [1.807, 2.05) is 4.90 Å². The molecule has 0 spiro atoms. The Kier molecular flexibility index (Phi) is 5.02. The largest absolute Gasteiger partial charge is 0.504 e. The molecule has 2 saturated heterocycles. The molecule has 148 valence electrons. The van der Waals surface area contributed by atoms with Gasteiger partial charge in [-0.2, -0.15) is 5.10 Å². The molecular weight excluding hydrogens is 363 g/mol. The third-order valence-electron chi connectivity index (χ3n) is 5.54. The summed E-state index contributed by atoms with van der Waals surface area (Å²) in [6, 6.07) is 5.82. The number of benzene rings is 1. The molecule has 4 rings (SSSR count). The Hall–Kier alpha value is -2.90. The molecule has 2 aliphatic heterocycles. The molecule has 0 saturated carbocycles. The number of carbonyl (C=O) groups excluding carboxylic acids is 2. The first-order chi connectivity index (χ1) is 13.5. The van der Waals surface area contributed by atoms with Gasteiger partial charge in [0, 0.05) is 32.1 Å². The van der Waals surface area contributed by atoms with Crippen LogP contribution in [-0.4, -0.2) is 62.2 Å². The minimum atomic E-state index is -0.369. The van der Waals surface area contributed by atoms with Gasteiger partial charge >= 0.3 is 0 Å². The van der Waals surface area contributed by atoms with E-state index in [1.54, 1.807) is 4.90 Å². The Bertz CT molecular complexity index is 872. The number of rotatable bonds is 3. The molecule has 0 atom stereocenters. The first-order valence-corrected chi connectivity index (χ1v) is 9.66. The number of nitrogens with zero attached hydrogens (tertiary/aromatic N) is 4. The van der Waals surface area contributed by atoms with Crippen LogP contribution in [0.15, 0.2) is 30.5 Å². The van der Waals surface area contributed by atoms with Gasteiger partial charge in [-0.15, -0.1) is 0 Å². The summed E-state index contributed by atoms with van der Waals surface area (Å²) in [7, 11) is 0. The van der Waals surface area contributed by atoms with Gasteiger partial charge in [-0.25, -0.2) is 9.07 Å². The van der Waals surface area contributed by atoms with E-state index >= 15 is 0 Å². The fourth-order valence-electron chi connectivity index (χ4n) is 3.99. The van der Waals surface area contributed by atoms with Crippen LogP contribution < -0.4 is 0 Å². The maximum atomic E-state index is 13.1. The molecule has 0 unspecified atom stereocenters. The summed E-state index contributed by atoms with van der Waals surface area (Å²) in [5.74, 6) is -0.692. The van der Waals surface area contributed by atoms with Crippen molar-refractivity contribution >= 4 is 11.8 Å². The Labute approximate surface area is 162 Å². The van der Waals surface area contributed by atoms with Gasteiger partial charge in [0.2, 0.25) is 5.91 Å². The fourth-order valence-corrected chi connectivity index (χ4v) is 3.99. The van der Waals surface area contributed by atoms with E-state index in [-0.39, 0.29) is 35.1 Å². The van der Waals surface area contributed by atoms with Crippen molar-refractivity contribution in [2.45, 2.75) is 38.1 Å². The molecule has 2 aliphatic rings. The molecule has 7 nitrogen and oxygen atoms in total.